The minimum absolute atomic E-state index is 0.0542. The molecule has 0 unspecified atom stereocenters. The van der Waals surface area contributed by atoms with E-state index in [2.05, 4.69) is 21.7 Å². The summed E-state index contributed by atoms with van der Waals surface area (Å²) in [5.41, 5.74) is 4.83. The van der Waals surface area contributed by atoms with E-state index in [4.69, 9.17) is 21.7 Å². The first-order chi connectivity index (χ1) is 20.7. The molecule has 0 bridgehead atoms. The molecule has 2 aromatic carbocycles. The van der Waals surface area contributed by atoms with Gasteiger partial charge in [-0.15, -0.1) is 0 Å². The number of carbonyl (C=O) groups is 1. The molecule has 11 nitrogen and oxygen atoms in total. The number of para-hydroxylation sites is 2. The van der Waals surface area contributed by atoms with Gasteiger partial charge < -0.3 is 29.6 Å². The van der Waals surface area contributed by atoms with Crippen molar-refractivity contribution >= 4 is 34.6 Å². The number of amides is 1. The second-order valence-corrected chi connectivity index (χ2v) is 10.5. The molecule has 2 atom stereocenters. The van der Waals surface area contributed by atoms with Crippen LogP contribution in [0.4, 0.5) is 11.4 Å². The average molecular weight is 601 g/mol. The molecule has 0 aliphatic carbocycles. The predicted molar refractivity (Wildman–Crippen MR) is 167 cm³/mol. The Morgan fingerprint density at radius 1 is 1.07 bits per heavy atom. The maximum Gasteiger partial charge on any atom is 0.273 e. The van der Waals surface area contributed by atoms with E-state index in [0.29, 0.717) is 34.5 Å². The lowest BCUT2D eigenvalue weighted by molar-refractivity contribution is -0.384. The van der Waals surface area contributed by atoms with Crippen molar-refractivity contribution in [1.82, 2.24) is 19.8 Å². The van der Waals surface area contributed by atoms with Crippen molar-refractivity contribution < 1.29 is 19.2 Å². The first-order valence-electron chi connectivity index (χ1n) is 13.7. The van der Waals surface area contributed by atoms with Gasteiger partial charge in [-0.3, -0.25) is 19.9 Å². The van der Waals surface area contributed by atoms with Crippen LogP contribution < -0.4 is 20.1 Å². The summed E-state index contributed by atoms with van der Waals surface area (Å²) in [6.07, 6.45) is 1.92. The number of carbonyl (C=O) groups excluding carboxylic acids is 1. The van der Waals surface area contributed by atoms with E-state index in [1.165, 1.54) is 19.2 Å². The van der Waals surface area contributed by atoms with E-state index in [1.807, 2.05) is 53.6 Å². The topological polar surface area (TPSA) is 124 Å². The summed E-state index contributed by atoms with van der Waals surface area (Å²) in [7, 11) is 3.05. The highest BCUT2D eigenvalue weighted by Gasteiger charge is 2.41. The molecule has 12 heteroatoms. The Morgan fingerprint density at radius 3 is 2.51 bits per heavy atom. The number of hydrogen-bond donors (Lipinski definition) is 2. The Morgan fingerprint density at radius 2 is 1.81 bits per heavy atom. The number of nitro groups is 1. The molecule has 43 heavy (non-hydrogen) atoms. The highest BCUT2D eigenvalue weighted by molar-refractivity contribution is 7.80. The van der Waals surface area contributed by atoms with E-state index in [0.717, 1.165) is 22.6 Å². The highest BCUT2D eigenvalue weighted by Crippen LogP contribution is 2.42. The van der Waals surface area contributed by atoms with Crippen molar-refractivity contribution in [3.8, 4) is 17.2 Å². The summed E-state index contributed by atoms with van der Waals surface area (Å²) in [5, 5.41) is 18.3. The van der Waals surface area contributed by atoms with Gasteiger partial charge in [-0.1, -0.05) is 18.2 Å². The fourth-order valence-electron chi connectivity index (χ4n) is 5.59. The number of anilines is 1. The van der Waals surface area contributed by atoms with Crippen LogP contribution in [0.2, 0.25) is 0 Å². The second kappa shape index (κ2) is 12.5. The van der Waals surface area contributed by atoms with E-state index in [1.54, 1.807) is 31.5 Å². The fourth-order valence-corrected chi connectivity index (χ4v) is 5.92. The molecular formula is C31H32N6O5S. The van der Waals surface area contributed by atoms with E-state index < -0.39 is 4.92 Å². The van der Waals surface area contributed by atoms with Crippen LogP contribution in [0.3, 0.4) is 0 Å². The average Bonchev–Trinajstić information content (AvgIpc) is 3.50. The Kier molecular flexibility index (Phi) is 8.58. The lowest BCUT2D eigenvalue weighted by Crippen LogP contribution is -2.33. The summed E-state index contributed by atoms with van der Waals surface area (Å²) in [6.45, 7) is 4.32. The number of nitro benzene ring substituents is 1. The minimum Gasteiger partial charge on any atom is -0.495 e. The summed E-state index contributed by atoms with van der Waals surface area (Å²) in [4.78, 5) is 30.6. The van der Waals surface area contributed by atoms with Crippen molar-refractivity contribution in [2.45, 2.75) is 32.4 Å². The second-order valence-electron chi connectivity index (χ2n) is 10.1. The third kappa shape index (κ3) is 5.86. The van der Waals surface area contributed by atoms with Gasteiger partial charge in [0.15, 0.2) is 5.11 Å². The Labute approximate surface area is 254 Å². The lowest BCUT2D eigenvalue weighted by Gasteiger charge is -2.28. The zero-order valence-corrected chi connectivity index (χ0v) is 25.1. The first kappa shape index (κ1) is 29.5. The van der Waals surface area contributed by atoms with Crippen molar-refractivity contribution in [3.05, 3.63) is 106 Å². The standard InChI is InChI=1S/C31H32N6O5S/c1-19-17-22(20(2)36(19)25-13-12-21(37(39)40)18-27(25)42-4)30-29(24-10-7-8-15-32-24)34-31(43)35(30)16-14-28(38)33-23-9-5-6-11-26(23)41-3/h5-13,15,17-18,29-30H,14,16H2,1-4H3,(H,33,38)(H,34,43)/t29-,30+/m0/s1. The SMILES string of the molecule is COc1ccccc1NC(=O)CCN1C(=S)N[C@@H](c2ccccn2)[C@H]1c1cc(C)n(-c2ccc([N+](=O)[O-])cc2OC)c1C. The van der Waals surface area contributed by atoms with Crippen LogP contribution in [0.5, 0.6) is 11.5 Å². The number of non-ortho nitro benzene ring substituents is 1. The molecule has 0 saturated carbocycles. The third-order valence-corrected chi connectivity index (χ3v) is 7.91. The van der Waals surface area contributed by atoms with Crippen LogP contribution in [0.1, 0.15) is 41.1 Å². The highest BCUT2D eigenvalue weighted by atomic mass is 32.1. The monoisotopic (exact) mass is 600 g/mol. The molecule has 1 aliphatic rings. The minimum atomic E-state index is -0.447. The number of aromatic nitrogens is 2. The van der Waals surface area contributed by atoms with E-state index in [9.17, 15) is 14.9 Å². The van der Waals surface area contributed by atoms with Crippen LogP contribution in [0.15, 0.2) is 72.9 Å². The molecule has 1 saturated heterocycles. The Bertz CT molecular complexity index is 1670. The summed E-state index contributed by atoms with van der Waals surface area (Å²) in [6, 6.07) is 19.1. The van der Waals surface area contributed by atoms with Crippen molar-refractivity contribution in [2.24, 2.45) is 0 Å². The van der Waals surface area contributed by atoms with Crippen molar-refractivity contribution in [2.75, 3.05) is 26.1 Å². The van der Waals surface area contributed by atoms with Gasteiger partial charge in [-0.25, -0.2) is 0 Å². The van der Waals surface area contributed by atoms with Crippen LogP contribution in [0.25, 0.3) is 5.69 Å². The fraction of sp³-hybridized carbons (Fsp3) is 0.258. The normalized spacial score (nSPS) is 16.1. The molecule has 222 valence electrons. The zero-order chi connectivity index (χ0) is 30.7. The number of aryl methyl sites for hydroxylation is 1. The van der Waals surface area contributed by atoms with Crippen LogP contribution >= 0.6 is 12.2 Å². The molecule has 1 fully saturated rings. The lowest BCUT2D eigenvalue weighted by atomic mass is 9.96. The van der Waals surface area contributed by atoms with Crippen LogP contribution in [-0.2, 0) is 4.79 Å². The number of thiocarbonyl (C=S) groups is 1. The maximum atomic E-state index is 13.1. The Balaban J connectivity index is 1.50. The largest absolute Gasteiger partial charge is 0.495 e. The molecule has 5 rings (SSSR count). The smallest absolute Gasteiger partial charge is 0.273 e. The maximum absolute atomic E-state index is 13.1. The number of nitrogens with zero attached hydrogens (tertiary/aromatic N) is 4. The van der Waals surface area contributed by atoms with Crippen LogP contribution in [0, 0.1) is 24.0 Å². The number of ether oxygens (including phenoxy) is 2. The predicted octanol–water partition coefficient (Wildman–Crippen LogP) is 5.42. The summed E-state index contributed by atoms with van der Waals surface area (Å²) < 4.78 is 12.9. The molecular weight excluding hydrogens is 568 g/mol. The van der Waals surface area contributed by atoms with E-state index >= 15 is 0 Å². The van der Waals surface area contributed by atoms with E-state index in [-0.39, 0.29) is 30.1 Å². The number of nitrogens with one attached hydrogen (secondary N) is 2. The van der Waals surface area contributed by atoms with Gasteiger partial charge in [0.05, 0.1) is 54.4 Å². The number of methoxy groups -OCH3 is 2. The molecule has 2 N–H and O–H groups in total. The molecule has 2 aromatic heterocycles. The van der Waals surface area contributed by atoms with Gasteiger partial charge in [0.25, 0.3) is 5.69 Å². The molecule has 0 spiro atoms. The zero-order valence-electron chi connectivity index (χ0n) is 24.2. The number of hydrogen-bond acceptors (Lipinski definition) is 7. The van der Waals surface area contributed by atoms with Gasteiger partial charge in [-0.2, -0.15) is 0 Å². The van der Waals surface area contributed by atoms with Gasteiger partial charge in [0.1, 0.15) is 11.5 Å². The third-order valence-electron chi connectivity index (χ3n) is 7.56. The van der Waals surface area contributed by atoms with Gasteiger partial charge in [0.2, 0.25) is 5.91 Å². The summed E-state index contributed by atoms with van der Waals surface area (Å²) >= 11 is 5.82. The molecule has 3 heterocycles. The molecule has 0 radical (unpaired) electrons. The van der Waals surface area contributed by atoms with Gasteiger partial charge in [-0.05, 0) is 68.0 Å². The summed E-state index contributed by atoms with van der Waals surface area (Å²) in [5.74, 6) is 0.790. The number of benzene rings is 2. The number of rotatable bonds is 10. The van der Waals surface area contributed by atoms with Gasteiger partial charge in [0, 0.05) is 36.6 Å². The van der Waals surface area contributed by atoms with Crippen molar-refractivity contribution in [3.63, 3.8) is 0 Å². The first-order valence-corrected chi connectivity index (χ1v) is 14.1. The molecule has 1 aliphatic heterocycles. The van der Waals surface area contributed by atoms with Gasteiger partial charge >= 0.3 is 0 Å². The van der Waals surface area contributed by atoms with Crippen molar-refractivity contribution in [1.29, 1.82) is 0 Å². The molecule has 4 aromatic rings. The Hall–Kier alpha value is -4.97. The van der Waals surface area contributed by atoms with Crippen LogP contribution in [-0.4, -0.2) is 51.2 Å². The number of pyridine rings is 1. The molecule has 1 amide bonds. The quantitative estimate of drug-likeness (QED) is 0.140.